The van der Waals surface area contributed by atoms with E-state index in [1.165, 1.54) is 0 Å². The third kappa shape index (κ3) is 6.24. The first-order chi connectivity index (χ1) is 10.7. The number of sulfonamides is 1. The fraction of sp³-hybridized carbons (Fsp3) is 0.667. The minimum atomic E-state index is -3.48. The summed E-state index contributed by atoms with van der Waals surface area (Å²) in [6, 6.07) is 6.89. The summed E-state index contributed by atoms with van der Waals surface area (Å²) in [6.45, 7) is 11.0. The molecule has 0 aliphatic heterocycles. The van der Waals surface area contributed by atoms with Crippen molar-refractivity contribution in [1.29, 1.82) is 0 Å². The molecule has 1 aromatic rings. The summed E-state index contributed by atoms with van der Waals surface area (Å²) in [6.07, 6.45) is 1.75. The van der Waals surface area contributed by atoms with Crippen LogP contribution in [0.15, 0.2) is 29.2 Å². The molecule has 0 fully saturated rings. The molecule has 1 rings (SSSR count). The molecule has 0 radical (unpaired) electrons. The minimum absolute atomic E-state index is 0.0749. The van der Waals surface area contributed by atoms with Gasteiger partial charge in [-0.05, 0) is 56.2 Å². The van der Waals surface area contributed by atoms with E-state index in [0.29, 0.717) is 23.3 Å². The molecule has 0 bridgehead atoms. The van der Waals surface area contributed by atoms with E-state index >= 15 is 0 Å². The number of hydrogen-bond donors (Lipinski definition) is 2. The van der Waals surface area contributed by atoms with Crippen LogP contribution in [-0.2, 0) is 10.0 Å². The third-order valence-electron chi connectivity index (χ3n) is 4.54. The van der Waals surface area contributed by atoms with Gasteiger partial charge in [-0.1, -0.05) is 45.4 Å². The van der Waals surface area contributed by atoms with Crippen LogP contribution in [0, 0.1) is 24.7 Å². The standard InChI is InChI=1S/C18H32N2O2S/c1-13(2)16(12-19)8-11-18(14(3)4)20-23(21,22)17-9-6-15(5)7-10-17/h6-7,9-10,13-14,16,18,20H,8,11-12,19H2,1-5H3/t16-,18+/m0/s1. The van der Waals surface area contributed by atoms with Gasteiger partial charge in [0.2, 0.25) is 10.0 Å². The Labute approximate surface area is 141 Å². The fourth-order valence-corrected chi connectivity index (χ4v) is 4.05. The van der Waals surface area contributed by atoms with Gasteiger partial charge in [-0.25, -0.2) is 13.1 Å². The third-order valence-corrected chi connectivity index (χ3v) is 6.04. The monoisotopic (exact) mass is 340 g/mol. The Kier molecular flexibility index (Phi) is 7.71. The maximum absolute atomic E-state index is 12.6. The van der Waals surface area contributed by atoms with Crippen molar-refractivity contribution in [3.05, 3.63) is 29.8 Å². The molecule has 0 heterocycles. The van der Waals surface area contributed by atoms with E-state index in [9.17, 15) is 8.42 Å². The molecule has 0 spiro atoms. The van der Waals surface area contributed by atoms with Crippen LogP contribution in [0.5, 0.6) is 0 Å². The van der Waals surface area contributed by atoms with Crippen molar-refractivity contribution in [3.63, 3.8) is 0 Å². The molecule has 0 aliphatic carbocycles. The van der Waals surface area contributed by atoms with Crippen molar-refractivity contribution in [2.45, 2.75) is 58.4 Å². The second-order valence-corrected chi connectivity index (χ2v) is 8.82. The van der Waals surface area contributed by atoms with Gasteiger partial charge >= 0.3 is 0 Å². The van der Waals surface area contributed by atoms with Crippen LogP contribution in [0.25, 0.3) is 0 Å². The lowest BCUT2D eigenvalue weighted by Gasteiger charge is -2.26. The maximum atomic E-state index is 12.6. The van der Waals surface area contributed by atoms with E-state index in [0.717, 1.165) is 18.4 Å². The summed E-state index contributed by atoms with van der Waals surface area (Å²) in [7, 11) is -3.48. The van der Waals surface area contributed by atoms with E-state index in [1.807, 2.05) is 19.1 Å². The Bertz CT molecular complexity index is 565. The molecule has 0 aromatic heterocycles. The zero-order chi connectivity index (χ0) is 17.6. The van der Waals surface area contributed by atoms with Crippen LogP contribution in [0.1, 0.15) is 46.1 Å². The number of nitrogens with two attached hydrogens (primary N) is 1. The molecule has 3 N–H and O–H groups in total. The van der Waals surface area contributed by atoms with Crippen LogP contribution in [-0.4, -0.2) is 21.0 Å². The predicted octanol–water partition coefficient (Wildman–Crippen LogP) is 3.31. The maximum Gasteiger partial charge on any atom is 0.240 e. The molecular weight excluding hydrogens is 308 g/mol. The van der Waals surface area contributed by atoms with Gasteiger partial charge in [0.05, 0.1) is 4.90 Å². The zero-order valence-electron chi connectivity index (χ0n) is 15.0. The van der Waals surface area contributed by atoms with Crippen molar-refractivity contribution in [2.75, 3.05) is 6.54 Å². The summed E-state index contributed by atoms with van der Waals surface area (Å²) in [5, 5.41) is 0. The van der Waals surface area contributed by atoms with Crippen LogP contribution < -0.4 is 10.5 Å². The lowest BCUT2D eigenvalue weighted by Crippen LogP contribution is -2.39. The second-order valence-electron chi connectivity index (χ2n) is 7.10. The highest BCUT2D eigenvalue weighted by atomic mass is 32.2. The van der Waals surface area contributed by atoms with Gasteiger partial charge in [-0.3, -0.25) is 0 Å². The Balaban J connectivity index is 2.80. The molecule has 4 nitrogen and oxygen atoms in total. The topological polar surface area (TPSA) is 72.2 Å². The van der Waals surface area contributed by atoms with Gasteiger partial charge < -0.3 is 5.73 Å². The number of rotatable bonds is 9. The number of benzene rings is 1. The van der Waals surface area contributed by atoms with Crippen LogP contribution in [0.2, 0.25) is 0 Å². The van der Waals surface area contributed by atoms with E-state index < -0.39 is 10.0 Å². The summed E-state index contributed by atoms with van der Waals surface area (Å²) in [5.41, 5.74) is 6.88. The highest BCUT2D eigenvalue weighted by Gasteiger charge is 2.23. The molecule has 0 aliphatic rings. The summed E-state index contributed by atoms with van der Waals surface area (Å²) in [4.78, 5) is 0.327. The van der Waals surface area contributed by atoms with E-state index in [-0.39, 0.29) is 12.0 Å². The van der Waals surface area contributed by atoms with Crippen molar-refractivity contribution in [2.24, 2.45) is 23.5 Å². The molecule has 5 heteroatoms. The van der Waals surface area contributed by atoms with Crippen molar-refractivity contribution in [3.8, 4) is 0 Å². The summed E-state index contributed by atoms with van der Waals surface area (Å²) >= 11 is 0. The molecular formula is C18H32N2O2S. The van der Waals surface area contributed by atoms with Crippen LogP contribution >= 0.6 is 0 Å². The Morgan fingerprint density at radius 2 is 1.57 bits per heavy atom. The first-order valence-electron chi connectivity index (χ1n) is 8.46. The van der Waals surface area contributed by atoms with Crippen LogP contribution in [0.3, 0.4) is 0 Å². The largest absolute Gasteiger partial charge is 0.330 e. The number of nitrogens with one attached hydrogen (secondary N) is 1. The summed E-state index contributed by atoms with van der Waals surface area (Å²) in [5.74, 6) is 1.18. The van der Waals surface area contributed by atoms with Gasteiger partial charge in [0, 0.05) is 6.04 Å². The van der Waals surface area contributed by atoms with Crippen molar-refractivity contribution < 1.29 is 8.42 Å². The smallest absolute Gasteiger partial charge is 0.240 e. The highest BCUT2D eigenvalue weighted by molar-refractivity contribution is 7.89. The predicted molar refractivity (Wildman–Crippen MR) is 96.7 cm³/mol. The van der Waals surface area contributed by atoms with Gasteiger partial charge in [0.1, 0.15) is 0 Å². The average Bonchev–Trinajstić information content (AvgIpc) is 2.46. The van der Waals surface area contributed by atoms with Gasteiger partial charge in [0.25, 0.3) is 0 Å². The molecule has 0 unspecified atom stereocenters. The van der Waals surface area contributed by atoms with Crippen LogP contribution in [0.4, 0.5) is 0 Å². The van der Waals surface area contributed by atoms with Gasteiger partial charge in [0.15, 0.2) is 0 Å². The fourth-order valence-electron chi connectivity index (χ4n) is 2.63. The molecule has 0 amide bonds. The molecule has 23 heavy (non-hydrogen) atoms. The average molecular weight is 341 g/mol. The zero-order valence-corrected chi connectivity index (χ0v) is 15.9. The SMILES string of the molecule is Cc1ccc(S(=O)(=O)N[C@H](CC[C@@H](CN)C(C)C)C(C)C)cc1. The first kappa shape index (κ1) is 20.1. The molecule has 0 saturated carbocycles. The molecule has 1 aromatic carbocycles. The molecule has 132 valence electrons. The number of hydrogen-bond acceptors (Lipinski definition) is 3. The van der Waals surface area contributed by atoms with Crippen molar-refractivity contribution in [1.82, 2.24) is 4.72 Å². The Morgan fingerprint density at radius 1 is 1.00 bits per heavy atom. The summed E-state index contributed by atoms with van der Waals surface area (Å²) < 4.78 is 28.0. The van der Waals surface area contributed by atoms with Crippen molar-refractivity contribution >= 4 is 10.0 Å². The molecule has 0 saturated heterocycles. The van der Waals surface area contributed by atoms with E-state index in [2.05, 4.69) is 32.4 Å². The second kappa shape index (κ2) is 8.81. The highest BCUT2D eigenvalue weighted by Crippen LogP contribution is 2.21. The number of aryl methyl sites for hydroxylation is 1. The Hall–Kier alpha value is -0.910. The lowest BCUT2D eigenvalue weighted by molar-refractivity contribution is 0.319. The van der Waals surface area contributed by atoms with Gasteiger partial charge in [-0.15, -0.1) is 0 Å². The van der Waals surface area contributed by atoms with E-state index in [4.69, 9.17) is 5.73 Å². The van der Waals surface area contributed by atoms with E-state index in [1.54, 1.807) is 12.1 Å². The quantitative estimate of drug-likeness (QED) is 0.724. The normalized spacial score (nSPS) is 15.1. The molecule has 2 atom stereocenters. The Morgan fingerprint density at radius 3 is 2.00 bits per heavy atom. The lowest BCUT2D eigenvalue weighted by atomic mass is 9.88. The minimum Gasteiger partial charge on any atom is -0.330 e. The van der Waals surface area contributed by atoms with Gasteiger partial charge in [-0.2, -0.15) is 0 Å². The first-order valence-corrected chi connectivity index (χ1v) is 9.94.